The van der Waals surface area contributed by atoms with Crippen LogP contribution in [0.3, 0.4) is 0 Å². The van der Waals surface area contributed by atoms with Crippen molar-refractivity contribution in [2.24, 2.45) is 0 Å². The number of carbonyl (C=O) groups excluding carboxylic acids is 1. The van der Waals surface area contributed by atoms with E-state index in [1.165, 1.54) is 13.1 Å². The van der Waals surface area contributed by atoms with Gasteiger partial charge in [0.1, 0.15) is 5.56 Å². The van der Waals surface area contributed by atoms with Gasteiger partial charge in [0.05, 0.1) is 11.5 Å². The number of nitrogens with zero attached hydrogens (tertiary/aromatic N) is 1. The monoisotopic (exact) mass is 309 g/mol. The molecular weight excluding hydrogens is 298 g/mol. The van der Waals surface area contributed by atoms with Crippen LogP contribution in [-0.4, -0.2) is 36.8 Å². The lowest BCUT2D eigenvalue weighted by Gasteiger charge is -2.15. The summed E-state index contributed by atoms with van der Waals surface area (Å²) in [4.78, 5) is 21.6. The quantitative estimate of drug-likeness (QED) is 0.479. The molecule has 0 aliphatic carbocycles. The summed E-state index contributed by atoms with van der Waals surface area (Å²) in [6, 6.07) is 3.38. The van der Waals surface area contributed by atoms with Crippen LogP contribution in [-0.2, 0) is 0 Å². The number of nitro benzene ring substituents is 1. The van der Waals surface area contributed by atoms with Crippen LogP contribution < -0.4 is 10.6 Å². The molecule has 1 amide bonds. The fraction of sp³-hybridized carbons (Fsp3) is 0.364. The summed E-state index contributed by atoms with van der Waals surface area (Å²) in [5, 5.41) is 14.9. The number of anilines is 1. The molecule has 21 heavy (non-hydrogen) atoms. The number of nitro groups is 1. The summed E-state index contributed by atoms with van der Waals surface area (Å²) in [5.74, 6) is -5.65. The number of rotatable bonds is 6. The minimum absolute atomic E-state index is 0.325. The van der Waals surface area contributed by atoms with Crippen LogP contribution in [0.15, 0.2) is 18.2 Å². The van der Waals surface area contributed by atoms with Crippen molar-refractivity contribution in [3.8, 4) is 0 Å². The van der Waals surface area contributed by atoms with Gasteiger partial charge in [-0.3, -0.25) is 14.9 Å². The van der Waals surface area contributed by atoms with E-state index < -0.39 is 41.0 Å². The molecule has 0 saturated heterocycles. The fourth-order valence-electron chi connectivity index (χ4n) is 1.40. The minimum atomic E-state index is -4.41. The molecule has 0 fully saturated rings. The van der Waals surface area contributed by atoms with Crippen molar-refractivity contribution in [3.05, 3.63) is 33.9 Å². The molecule has 0 heterocycles. The maximum Gasteiger partial charge on any atom is 0.324 e. The summed E-state index contributed by atoms with van der Waals surface area (Å²) in [5.41, 5.74) is -0.796. The Morgan fingerprint density at radius 1 is 1.43 bits per heavy atom. The molecule has 0 unspecified atom stereocenters. The van der Waals surface area contributed by atoms with Crippen LogP contribution >= 0.6 is 0 Å². The van der Waals surface area contributed by atoms with E-state index in [0.717, 1.165) is 12.1 Å². The first-order valence-corrected chi connectivity index (χ1v) is 5.59. The Hall–Kier alpha value is -2.39. The van der Waals surface area contributed by atoms with Crippen molar-refractivity contribution < 1.29 is 27.3 Å². The molecule has 0 aromatic heterocycles. The number of nitrogens with one attached hydrogen (secondary N) is 2. The van der Waals surface area contributed by atoms with Crippen molar-refractivity contribution in [3.63, 3.8) is 0 Å². The molecule has 0 radical (unpaired) electrons. The molecule has 2 N–H and O–H groups in total. The molecule has 10 heteroatoms. The molecule has 116 valence electrons. The first-order chi connectivity index (χ1) is 9.69. The van der Waals surface area contributed by atoms with Crippen LogP contribution in [0.5, 0.6) is 0 Å². The zero-order valence-corrected chi connectivity index (χ0v) is 10.7. The molecule has 0 spiro atoms. The molecule has 0 saturated carbocycles. The lowest BCUT2D eigenvalue weighted by Crippen LogP contribution is -2.41. The first-order valence-electron chi connectivity index (χ1n) is 5.59. The van der Waals surface area contributed by atoms with Crippen molar-refractivity contribution in [2.75, 3.05) is 18.9 Å². The van der Waals surface area contributed by atoms with Gasteiger partial charge in [-0.15, -0.1) is 0 Å². The number of amides is 1. The lowest BCUT2D eigenvalue weighted by atomic mass is 10.1. The van der Waals surface area contributed by atoms with Gasteiger partial charge >= 0.3 is 12.3 Å². The van der Waals surface area contributed by atoms with E-state index in [2.05, 4.69) is 5.32 Å². The Labute approximate surface area is 116 Å². The van der Waals surface area contributed by atoms with E-state index in [1.54, 1.807) is 5.32 Å². The van der Waals surface area contributed by atoms with Gasteiger partial charge in [0.15, 0.2) is 0 Å². The molecule has 0 aliphatic heterocycles. The van der Waals surface area contributed by atoms with Gasteiger partial charge in [0.25, 0.3) is 11.6 Å². The predicted octanol–water partition coefficient (Wildman–Crippen LogP) is 2.27. The van der Waals surface area contributed by atoms with Gasteiger partial charge in [-0.25, -0.2) is 8.78 Å². The van der Waals surface area contributed by atoms with Crippen molar-refractivity contribution in [2.45, 2.75) is 12.3 Å². The summed E-state index contributed by atoms with van der Waals surface area (Å²) in [6.07, 6.45) is -3.95. The van der Waals surface area contributed by atoms with Gasteiger partial charge in [-0.05, 0) is 12.1 Å². The molecule has 6 nitrogen and oxygen atoms in total. The van der Waals surface area contributed by atoms with Crippen LogP contribution in [0.4, 0.5) is 28.9 Å². The van der Waals surface area contributed by atoms with Crippen LogP contribution in [0.1, 0.15) is 10.4 Å². The number of benzene rings is 1. The summed E-state index contributed by atoms with van der Waals surface area (Å²) < 4.78 is 49.4. The second-order valence-corrected chi connectivity index (χ2v) is 3.98. The lowest BCUT2D eigenvalue weighted by molar-refractivity contribution is -0.385. The van der Waals surface area contributed by atoms with E-state index in [0.29, 0.717) is 5.69 Å². The van der Waals surface area contributed by atoms with Crippen molar-refractivity contribution in [1.29, 1.82) is 0 Å². The third kappa shape index (κ3) is 4.04. The Bertz CT molecular complexity index is 552. The summed E-state index contributed by atoms with van der Waals surface area (Å²) in [7, 11) is 1.48. The number of carbonyl (C=O) groups is 1. The predicted molar refractivity (Wildman–Crippen MR) is 65.9 cm³/mol. The Balaban J connectivity index is 2.98. The van der Waals surface area contributed by atoms with E-state index in [9.17, 15) is 32.5 Å². The molecular formula is C11H11F4N3O3. The average molecular weight is 309 g/mol. The smallest absolute Gasteiger partial charge is 0.324 e. The normalized spacial score (nSPS) is 11.3. The first kappa shape index (κ1) is 16.7. The molecule has 0 bridgehead atoms. The fourth-order valence-corrected chi connectivity index (χ4v) is 1.40. The highest BCUT2D eigenvalue weighted by atomic mass is 19.3. The number of halogens is 4. The standard InChI is InChI=1S/C11H11F4N3O3/c1-16-6-2-3-8(18(20)21)7(4-6)9(19)17-5-11(14,15)10(12)13/h2-4,10,16H,5H2,1H3,(H,17,19). The number of hydrogen-bond donors (Lipinski definition) is 2. The van der Waals surface area contributed by atoms with Crippen LogP contribution in [0.2, 0.25) is 0 Å². The molecule has 0 aliphatic rings. The van der Waals surface area contributed by atoms with Crippen molar-refractivity contribution in [1.82, 2.24) is 5.32 Å². The van der Waals surface area contributed by atoms with Gasteiger partial charge < -0.3 is 10.6 Å². The molecule has 1 rings (SSSR count). The maximum atomic E-state index is 12.7. The SMILES string of the molecule is CNc1ccc([N+](=O)[O-])c(C(=O)NCC(F)(F)C(F)F)c1. The second kappa shape index (κ2) is 6.37. The molecule has 1 aromatic carbocycles. The molecule has 0 atom stereocenters. The summed E-state index contributed by atoms with van der Waals surface area (Å²) in [6.45, 7) is -1.62. The number of hydrogen-bond acceptors (Lipinski definition) is 4. The highest BCUT2D eigenvalue weighted by Gasteiger charge is 2.41. The summed E-state index contributed by atoms with van der Waals surface area (Å²) >= 11 is 0. The minimum Gasteiger partial charge on any atom is -0.388 e. The third-order valence-electron chi connectivity index (χ3n) is 2.53. The Morgan fingerprint density at radius 3 is 2.52 bits per heavy atom. The highest BCUT2D eigenvalue weighted by molar-refractivity contribution is 5.99. The van der Waals surface area contributed by atoms with Gasteiger partial charge in [0, 0.05) is 18.8 Å². The Morgan fingerprint density at radius 2 is 2.05 bits per heavy atom. The van der Waals surface area contributed by atoms with E-state index in [-0.39, 0.29) is 0 Å². The third-order valence-corrected chi connectivity index (χ3v) is 2.53. The number of alkyl halides is 4. The van der Waals surface area contributed by atoms with Gasteiger partial charge in [-0.2, -0.15) is 8.78 Å². The molecule has 1 aromatic rings. The van der Waals surface area contributed by atoms with Crippen molar-refractivity contribution >= 4 is 17.3 Å². The second-order valence-electron chi connectivity index (χ2n) is 3.98. The van der Waals surface area contributed by atoms with Gasteiger partial charge in [0.2, 0.25) is 0 Å². The topological polar surface area (TPSA) is 84.3 Å². The largest absolute Gasteiger partial charge is 0.388 e. The van der Waals surface area contributed by atoms with Crippen LogP contribution in [0.25, 0.3) is 0 Å². The zero-order valence-electron chi connectivity index (χ0n) is 10.7. The Kier molecular flexibility index (Phi) is 5.06. The zero-order chi connectivity index (χ0) is 16.2. The maximum absolute atomic E-state index is 12.7. The van der Waals surface area contributed by atoms with Crippen LogP contribution in [0, 0.1) is 10.1 Å². The van der Waals surface area contributed by atoms with Gasteiger partial charge in [-0.1, -0.05) is 0 Å². The average Bonchev–Trinajstić information content (AvgIpc) is 2.43. The van der Waals surface area contributed by atoms with E-state index >= 15 is 0 Å². The highest BCUT2D eigenvalue weighted by Crippen LogP contribution is 2.24. The van der Waals surface area contributed by atoms with E-state index in [1.807, 2.05) is 0 Å². The van der Waals surface area contributed by atoms with E-state index in [4.69, 9.17) is 0 Å².